The summed E-state index contributed by atoms with van der Waals surface area (Å²) in [6.07, 6.45) is 1.78. The van der Waals surface area contributed by atoms with Gasteiger partial charge >= 0.3 is 0 Å². The van der Waals surface area contributed by atoms with E-state index in [1.165, 1.54) is 0 Å². The second kappa shape index (κ2) is 8.95. The number of thiocarbonyl (C=S) groups is 1. The Bertz CT molecular complexity index is 950. The summed E-state index contributed by atoms with van der Waals surface area (Å²) in [5.41, 5.74) is 1.92. The number of anilines is 1. The van der Waals surface area contributed by atoms with Gasteiger partial charge in [-0.1, -0.05) is 36.0 Å². The van der Waals surface area contributed by atoms with Gasteiger partial charge in [0, 0.05) is 11.4 Å². The summed E-state index contributed by atoms with van der Waals surface area (Å²) in [5.74, 6) is 1.57. The second-order valence-electron chi connectivity index (χ2n) is 6.09. The van der Waals surface area contributed by atoms with Gasteiger partial charge in [-0.25, -0.2) is 4.98 Å². The first-order valence-corrected chi connectivity index (χ1v) is 10.1. The Hall–Kier alpha value is -2.77. The van der Waals surface area contributed by atoms with Crippen LogP contribution < -0.4 is 20.1 Å². The Labute approximate surface area is 173 Å². The molecular weight excluding hydrogens is 390 g/mol. The largest absolute Gasteiger partial charge is 0.486 e. The molecule has 2 heterocycles. The van der Waals surface area contributed by atoms with Crippen molar-refractivity contribution in [2.45, 2.75) is 16.5 Å². The third kappa shape index (κ3) is 4.94. The number of hydrogen-bond donors (Lipinski definition) is 2. The lowest BCUT2D eigenvalue weighted by Gasteiger charge is -2.19. The first-order valence-electron chi connectivity index (χ1n) is 8.88. The van der Waals surface area contributed by atoms with Gasteiger partial charge in [-0.2, -0.15) is 0 Å². The smallest absolute Gasteiger partial charge is 0.171 e. The van der Waals surface area contributed by atoms with E-state index < -0.39 is 0 Å². The molecule has 0 atom stereocenters. The van der Waals surface area contributed by atoms with Gasteiger partial charge in [-0.15, -0.1) is 0 Å². The summed E-state index contributed by atoms with van der Waals surface area (Å²) < 4.78 is 11.1. The summed E-state index contributed by atoms with van der Waals surface area (Å²) in [4.78, 5) is 5.64. The van der Waals surface area contributed by atoms with E-state index in [-0.39, 0.29) is 0 Å². The van der Waals surface area contributed by atoms with Crippen LogP contribution in [-0.2, 0) is 6.54 Å². The number of rotatable bonds is 5. The molecule has 0 aliphatic carbocycles. The molecule has 0 fully saturated rings. The quantitative estimate of drug-likeness (QED) is 0.602. The molecule has 2 N–H and O–H groups in total. The van der Waals surface area contributed by atoms with Crippen LogP contribution in [-0.4, -0.2) is 23.3 Å². The lowest BCUT2D eigenvalue weighted by molar-refractivity contribution is 0.171. The van der Waals surface area contributed by atoms with E-state index in [4.69, 9.17) is 21.7 Å². The zero-order valence-corrected chi connectivity index (χ0v) is 16.7. The Balaban J connectivity index is 1.29. The third-order valence-corrected chi connectivity index (χ3v) is 5.22. The van der Waals surface area contributed by atoms with Gasteiger partial charge in [0.15, 0.2) is 16.6 Å². The number of nitrogens with one attached hydrogen (secondary N) is 2. The summed E-state index contributed by atoms with van der Waals surface area (Å²) in [6, 6.07) is 20.0. The van der Waals surface area contributed by atoms with Crippen LogP contribution in [0.1, 0.15) is 5.56 Å². The van der Waals surface area contributed by atoms with Crippen molar-refractivity contribution in [2.24, 2.45) is 0 Å². The number of pyridine rings is 1. The predicted octanol–water partition coefficient (Wildman–Crippen LogP) is 4.49. The molecule has 4 rings (SSSR count). The highest BCUT2D eigenvalue weighted by molar-refractivity contribution is 7.99. The average Bonchev–Trinajstić information content (AvgIpc) is 2.74. The topological polar surface area (TPSA) is 55.4 Å². The zero-order chi connectivity index (χ0) is 19.2. The van der Waals surface area contributed by atoms with Crippen LogP contribution in [0.2, 0.25) is 0 Å². The molecule has 3 aromatic rings. The van der Waals surface area contributed by atoms with Gasteiger partial charge in [0.05, 0.1) is 11.9 Å². The fraction of sp³-hybridized carbons (Fsp3) is 0.143. The maximum atomic E-state index is 5.61. The van der Waals surface area contributed by atoms with Crippen molar-refractivity contribution in [3.8, 4) is 11.5 Å². The van der Waals surface area contributed by atoms with Gasteiger partial charge in [0.25, 0.3) is 0 Å². The first-order chi connectivity index (χ1) is 13.8. The molecule has 0 amide bonds. The molecular formula is C21H19N3O2S2. The fourth-order valence-corrected chi connectivity index (χ4v) is 3.65. The maximum Gasteiger partial charge on any atom is 0.171 e. The van der Waals surface area contributed by atoms with Crippen LogP contribution in [0.4, 0.5) is 5.69 Å². The SMILES string of the molecule is S=C(NCc1ccc2c(c1)OCCO2)Nc1ccc(Sc2ccccc2)nc1. The molecule has 0 saturated carbocycles. The number of fused-ring (bicyclic) bond motifs is 1. The number of aromatic nitrogens is 1. The molecule has 7 heteroatoms. The highest BCUT2D eigenvalue weighted by atomic mass is 32.2. The predicted molar refractivity (Wildman–Crippen MR) is 115 cm³/mol. The lowest BCUT2D eigenvalue weighted by Crippen LogP contribution is -2.28. The van der Waals surface area contributed by atoms with E-state index in [9.17, 15) is 0 Å². The molecule has 1 aromatic heterocycles. The number of nitrogens with zero attached hydrogens (tertiary/aromatic N) is 1. The van der Waals surface area contributed by atoms with Gasteiger partial charge in [0.2, 0.25) is 0 Å². The minimum Gasteiger partial charge on any atom is -0.486 e. The monoisotopic (exact) mass is 409 g/mol. The van der Waals surface area contributed by atoms with Crippen LogP contribution in [0, 0.1) is 0 Å². The van der Waals surface area contributed by atoms with Crippen molar-refractivity contribution in [1.29, 1.82) is 0 Å². The number of hydrogen-bond acceptors (Lipinski definition) is 5. The lowest BCUT2D eigenvalue weighted by atomic mass is 10.2. The average molecular weight is 410 g/mol. The van der Waals surface area contributed by atoms with E-state index in [2.05, 4.69) is 27.8 Å². The van der Waals surface area contributed by atoms with Gasteiger partial charge in [-0.3, -0.25) is 0 Å². The van der Waals surface area contributed by atoms with Crippen molar-refractivity contribution in [3.63, 3.8) is 0 Å². The molecule has 0 radical (unpaired) electrons. The highest BCUT2D eigenvalue weighted by Crippen LogP contribution is 2.30. The van der Waals surface area contributed by atoms with Crippen molar-refractivity contribution in [2.75, 3.05) is 18.5 Å². The Morgan fingerprint density at radius 1 is 1.00 bits per heavy atom. The van der Waals surface area contributed by atoms with Gasteiger partial charge in [-0.05, 0) is 54.2 Å². The molecule has 0 spiro atoms. The summed E-state index contributed by atoms with van der Waals surface area (Å²) in [7, 11) is 0. The fourth-order valence-electron chi connectivity index (χ4n) is 2.68. The molecule has 0 unspecified atom stereocenters. The maximum absolute atomic E-state index is 5.61. The van der Waals surface area contributed by atoms with E-state index in [1.807, 2.05) is 48.5 Å². The van der Waals surface area contributed by atoms with Crippen LogP contribution in [0.5, 0.6) is 11.5 Å². The van der Waals surface area contributed by atoms with E-state index in [0.29, 0.717) is 24.9 Å². The van der Waals surface area contributed by atoms with Crippen LogP contribution in [0.25, 0.3) is 0 Å². The molecule has 28 heavy (non-hydrogen) atoms. The Morgan fingerprint density at radius 2 is 1.82 bits per heavy atom. The molecule has 5 nitrogen and oxygen atoms in total. The number of benzene rings is 2. The summed E-state index contributed by atoms with van der Waals surface area (Å²) in [5, 5.41) is 7.84. The first kappa shape index (κ1) is 18.6. The molecule has 0 saturated heterocycles. The van der Waals surface area contributed by atoms with Crippen LogP contribution in [0.3, 0.4) is 0 Å². The van der Waals surface area contributed by atoms with E-state index in [1.54, 1.807) is 18.0 Å². The third-order valence-electron chi connectivity index (χ3n) is 4.02. The second-order valence-corrected chi connectivity index (χ2v) is 7.59. The Morgan fingerprint density at radius 3 is 2.61 bits per heavy atom. The minimum absolute atomic E-state index is 0.542. The van der Waals surface area contributed by atoms with Crippen LogP contribution >= 0.6 is 24.0 Å². The van der Waals surface area contributed by atoms with Crippen LogP contribution in [0.15, 0.2) is 76.8 Å². The normalized spacial score (nSPS) is 12.3. The molecule has 2 aromatic carbocycles. The van der Waals surface area contributed by atoms with E-state index >= 15 is 0 Å². The zero-order valence-electron chi connectivity index (χ0n) is 15.1. The standard InChI is InChI=1S/C21H19N3O2S2/c27-21(23-13-15-6-8-18-19(12-15)26-11-10-25-18)24-16-7-9-20(22-14-16)28-17-4-2-1-3-5-17/h1-9,12,14H,10-11,13H2,(H2,23,24,27). The molecule has 1 aliphatic heterocycles. The minimum atomic E-state index is 0.542. The number of ether oxygens (including phenoxy) is 2. The molecule has 0 bridgehead atoms. The Kier molecular flexibility index (Phi) is 5.94. The van der Waals surface area contributed by atoms with E-state index in [0.717, 1.165) is 32.7 Å². The summed E-state index contributed by atoms with van der Waals surface area (Å²) >= 11 is 7.01. The van der Waals surface area contributed by atoms with Gasteiger partial charge in [0.1, 0.15) is 18.2 Å². The van der Waals surface area contributed by atoms with Crippen molar-refractivity contribution >= 4 is 34.8 Å². The molecule has 1 aliphatic rings. The highest BCUT2D eigenvalue weighted by Gasteiger charge is 2.11. The molecule has 142 valence electrons. The van der Waals surface area contributed by atoms with Crippen molar-refractivity contribution in [3.05, 3.63) is 72.4 Å². The van der Waals surface area contributed by atoms with Crippen molar-refractivity contribution in [1.82, 2.24) is 10.3 Å². The summed E-state index contributed by atoms with van der Waals surface area (Å²) in [6.45, 7) is 1.77. The van der Waals surface area contributed by atoms with Crippen molar-refractivity contribution < 1.29 is 9.47 Å². The van der Waals surface area contributed by atoms with Gasteiger partial charge < -0.3 is 20.1 Å².